The molecule has 0 spiro atoms. The number of amides is 3. The quantitative estimate of drug-likeness (QED) is 0.609. The Labute approximate surface area is 173 Å². The van der Waals surface area contributed by atoms with E-state index >= 15 is 0 Å². The number of methoxy groups -OCH3 is 1. The van der Waals surface area contributed by atoms with E-state index in [-0.39, 0.29) is 23.7 Å². The first-order valence-electron chi connectivity index (χ1n) is 9.27. The van der Waals surface area contributed by atoms with Crippen molar-refractivity contribution in [3.63, 3.8) is 0 Å². The molecule has 1 aliphatic heterocycles. The third kappa shape index (κ3) is 3.51. The molecular formula is C22H19ClN2O4. The van der Waals surface area contributed by atoms with E-state index in [1.54, 1.807) is 42.5 Å². The number of hydrogen-bond donors (Lipinski definition) is 1. The Bertz CT molecular complexity index is 1010. The summed E-state index contributed by atoms with van der Waals surface area (Å²) in [7, 11) is 1.50. The first-order valence-corrected chi connectivity index (χ1v) is 9.65. The molecule has 3 amide bonds. The SMILES string of the molecule is COc1ccc(Cl)cc1NC(=O)c1cccc(N2C(=O)[C@@H]3CC=CC[C@H]3C2=O)c1. The summed E-state index contributed by atoms with van der Waals surface area (Å²) >= 11 is 6.01. The number of fused-ring (bicyclic) bond motifs is 1. The number of benzene rings is 2. The van der Waals surface area contributed by atoms with Gasteiger partial charge in [-0.25, -0.2) is 0 Å². The number of carbonyl (C=O) groups is 3. The smallest absolute Gasteiger partial charge is 0.255 e. The Morgan fingerprint density at radius 2 is 1.76 bits per heavy atom. The molecule has 1 heterocycles. The summed E-state index contributed by atoms with van der Waals surface area (Å²) in [5, 5.41) is 3.22. The number of nitrogens with one attached hydrogen (secondary N) is 1. The maximum atomic E-state index is 12.8. The van der Waals surface area contributed by atoms with Gasteiger partial charge in [0.05, 0.1) is 30.3 Å². The van der Waals surface area contributed by atoms with Crippen molar-refractivity contribution in [2.45, 2.75) is 12.8 Å². The Morgan fingerprint density at radius 3 is 2.41 bits per heavy atom. The van der Waals surface area contributed by atoms with Crippen LogP contribution in [-0.4, -0.2) is 24.8 Å². The summed E-state index contributed by atoms with van der Waals surface area (Å²) in [6, 6.07) is 11.4. The van der Waals surface area contributed by atoms with Gasteiger partial charge in [-0.1, -0.05) is 29.8 Å². The van der Waals surface area contributed by atoms with Crippen molar-refractivity contribution in [1.82, 2.24) is 0 Å². The predicted octanol–water partition coefficient (Wildman–Crippen LogP) is 4.06. The molecule has 1 aliphatic carbocycles. The molecule has 1 N–H and O–H groups in total. The van der Waals surface area contributed by atoms with Crippen molar-refractivity contribution in [2.75, 3.05) is 17.3 Å². The molecule has 0 unspecified atom stereocenters. The Morgan fingerprint density at radius 1 is 1.07 bits per heavy atom. The number of anilines is 2. The second kappa shape index (κ2) is 7.72. The Hall–Kier alpha value is -3.12. The summed E-state index contributed by atoms with van der Waals surface area (Å²) in [4.78, 5) is 39.5. The highest BCUT2D eigenvalue weighted by molar-refractivity contribution is 6.31. The topological polar surface area (TPSA) is 75.7 Å². The van der Waals surface area contributed by atoms with Crippen molar-refractivity contribution >= 4 is 40.7 Å². The summed E-state index contributed by atoms with van der Waals surface area (Å²) in [5.41, 5.74) is 1.15. The fraction of sp³-hybridized carbons (Fsp3) is 0.227. The minimum absolute atomic E-state index is 0.210. The normalized spacial score (nSPS) is 20.6. The highest BCUT2D eigenvalue weighted by Crippen LogP contribution is 2.38. The predicted molar refractivity (Wildman–Crippen MR) is 110 cm³/mol. The molecule has 0 saturated carbocycles. The lowest BCUT2D eigenvalue weighted by Gasteiger charge is -2.16. The van der Waals surface area contributed by atoms with Crippen molar-refractivity contribution in [3.05, 3.63) is 65.2 Å². The number of imide groups is 1. The number of hydrogen-bond acceptors (Lipinski definition) is 4. The van der Waals surface area contributed by atoms with E-state index in [1.807, 2.05) is 12.2 Å². The van der Waals surface area contributed by atoms with Crippen molar-refractivity contribution in [3.8, 4) is 5.75 Å². The Balaban J connectivity index is 1.60. The molecule has 2 aromatic carbocycles. The van der Waals surface area contributed by atoms with Crippen LogP contribution >= 0.6 is 11.6 Å². The lowest BCUT2D eigenvalue weighted by atomic mass is 9.85. The van der Waals surface area contributed by atoms with Crippen LogP contribution < -0.4 is 15.0 Å². The van der Waals surface area contributed by atoms with E-state index in [9.17, 15) is 14.4 Å². The van der Waals surface area contributed by atoms with E-state index in [0.29, 0.717) is 40.6 Å². The Kier molecular flexibility index (Phi) is 5.11. The summed E-state index contributed by atoms with van der Waals surface area (Å²) in [5.74, 6) is -0.982. The molecule has 148 valence electrons. The first-order chi connectivity index (χ1) is 14.0. The molecule has 2 aromatic rings. The second-order valence-electron chi connectivity index (χ2n) is 7.02. The van der Waals surface area contributed by atoms with Crippen LogP contribution in [0.15, 0.2) is 54.6 Å². The van der Waals surface area contributed by atoms with Crippen LogP contribution in [-0.2, 0) is 9.59 Å². The van der Waals surface area contributed by atoms with E-state index in [4.69, 9.17) is 16.3 Å². The molecule has 29 heavy (non-hydrogen) atoms. The zero-order valence-corrected chi connectivity index (χ0v) is 16.5. The van der Waals surface area contributed by atoms with Gasteiger partial charge in [-0.05, 0) is 49.2 Å². The average molecular weight is 411 g/mol. The lowest BCUT2D eigenvalue weighted by Crippen LogP contribution is -2.31. The second-order valence-corrected chi connectivity index (χ2v) is 7.45. The van der Waals surface area contributed by atoms with Crippen LogP contribution in [0.2, 0.25) is 5.02 Å². The monoisotopic (exact) mass is 410 g/mol. The molecule has 7 heteroatoms. The highest BCUT2D eigenvalue weighted by atomic mass is 35.5. The van der Waals surface area contributed by atoms with Gasteiger partial charge in [-0.3, -0.25) is 19.3 Å². The number of carbonyl (C=O) groups excluding carboxylic acids is 3. The van der Waals surface area contributed by atoms with Gasteiger partial charge in [0.1, 0.15) is 5.75 Å². The van der Waals surface area contributed by atoms with Crippen LogP contribution in [0.4, 0.5) is 11.4 Å². The maximum absolute atomic E-state index is 12.8. The van der Waals surface area contributed by atoms with Gasteiger partial charge in [0, 0.05) is 10.6 Å². The molecule has 0 bridgehead atoms. The maximum Gasteiger partial charge on any atom is 0.255 e. The standard InChI is InChI=1S/C22H19ClN2O4/c1-29-19-10-9-14(23)12-18(19)24-20(26)13-5-4-6-15(11-13)25-21(27)16-7-2-3-8-17(16)22(25)28/h2-6,9-12,16-17H,7-8H2,1H3,(H,24,26)/t16-,17-/m1/s1. The van der Waals surface area contributed by atoms with E-state index in [0.717, 1.165) is 0 Å². The molecular weight excluding hydrogens is 392 g/mol. The van der Waals surface area contributed by atoms with E-state index < -0.39 is 5.91 Å². The number of nitrogens with zero attached hydrogens (tertiary/aromatic N) is 1. The van der Waals surface area contributed by atoms with Gasteiger partial charge in [0.15, 0.2) is 0 Å². The van der Waals surface area contributed by atoms with Crippen molar-refractivity contribution in [1.29, 1.82) is 0 Å². The molecule has 1 fully saturated rings. The van der Waals surface area contributed by atoms with Crippen LogP contribution in [0.25, 0.3) is 0 Å². The average Bonchev–Trinajstić information content (AvgIpc) is 2.99. The molecule has 2 atom stereocenters. The van der Waals surface area contributed by atoms with Crippen LogP contribution in [0, 0.1) is 11.8 Å². The summed E-state index contributed by atoms with van der Waals surface area (Å²) in [6.07, 6.45) is 5.02. The van der Waals surface area contributed by atoms with Crippen LogP contribution in [0.3, 0.4) is 0 Å². The lowest BCUT2D eigenvalue weighted by molar-refractivity contribution is -0.122. The van der Waals surface area contributed by atoms with Crippen molar-refractivity contribution in [2.24, 2.45) is 11.8 Å². The fourth-order valence-electron chi connectivity index (χ4n) is 3.81. The summed E-state index contributed by atoms with van der Waals surface area (Å²) < 4.78 is 5.25. The van der Waals surface area contributed by atoms with Gasteiger partial charge < -0.3 is 10.1 Å². The number of allylic oxidation sites excluding steroid dienone is 2. The molecule has 0 radical (unpaired) electrons. The molecule has 0 aromatic heterocycles. The van der Waals surface area contributed by atoms with Gasteiger partial charge in [-0.2, -0.15) is 0 Å². The molecule has 2 aliphatic rings. The van der Waals surface area contributed by atoms with Crippen LogP contribution in [0.5, 0.6) is 5.75 Å². The van der Waals surface area contributed by atoms with Gasteiger partial charge in [0.25, 0.3) is 5.91 Å². The number of rotatable bonds is 4. The summed E-state index contributed by atoms with van der Waals surface area (Å²) in [6.45, 7) is 0. The largest absolute Gasteiger partial charge is 0.495 e. The van der Waals surface area contributed by atoms with E-state index in [1.165, 1.54) is 12.0 Å². The highest BCUT2D eigenvalue weighted by Gasteiger charge is 2.47. The zero-order valence-electron chi connectivity index (χ0n) is 15.7. The molecule has 6 nitrogen and oxygen atoms in total. The van der Waals surface area contributed by atoms with E-state index in [2.05, 4.69) is 5.32 Å². The zero-order chi connectivity index (χ0) is 20.5. The number of ether oxygens (including phenoxy) is 1. The van der Waals surface area contributed by atoms with Gasteiger partial charge >= 0.3 is 0 Å². The minimum atomic E-state index is -0.398. The van der Waals surface area contributed by atoms with Gasteiger partial charge in [-0.15, -0.1) is 0 Å². The minimum Gasteiger partial charge on any atom is -0.495 e. The fourth-order valence-corrected chi connectivity index (χ4v) is 3.99. The van der Waals surface area contributed by atoms with Crippen molar-refractivity contribution < 1.29 is 19.1 Å². The molecule has 1 saturated heterocycles. The molecule has 4 rings (SSSR count). The third-order valence-electron chi connectivity index (χ3n) is 5.28. The third-order valence-corrected chi connectivity index (χ3v) is 5.52. The first kappa shape index (κ1) is 19.2. The van der Waals surface area contributed by atoms with Gasteiger partial charge in [0.2, 0.25) is 11.8 Å². The van der Waals surface area contributed by atoms with Crippen LogP contribution in [0.1, 0.15) is 23.2 Å². The number of halogens is 1.